The standard InChI is InChI=1S/C20H31N3O2/c1-16(21-11-3-12-22-14-9-19(24)10-15-22)17-5-7-18(8-6-17)23-13-2-4-20(23)25/h5-8,16,19,21,24H,2-4,9-15H2,1H3. The summed E-state index contributed by atoms with van der Waals surface area (Å²) >= 11 is 0. The number of benzene rings is 1. The van der Waals surface area contributed by atoms with Gasteiger partial charge in [-0.2, -0.15) is 0 Å². The molecule has 0 spiro atoms. The average molecular weight is 345 g/mol. The van der Waals surface area contributed by atoms with Crippen LogP contribution < -0.4 is 10.2 Å². The Hall–Kier alpha value is -1.43. The van der Waals surface area contributed by atoms with Crippen LogP contribution in [0.1, 0.15) is 50.6 Å². The molecule has 138 valence electrons. The van der Waals surface area contributed by atoms with Gasteiger partial charge in [0.05, 0.1) is 6.10 Å². The minimum absolute atomic E-state index is 0.0896. The van der Waals surface area contributed by atoms with Crippen molar-refractivity contribution >= 4 is 11.6 Å². The second kappa shape index (κ2) is 8.79. The summed E-state index contributed by atoms with van der Waals surface area (Å²) in [7, 11) is 0. The van der Waals surface area contributed by atoms with Crippen LogP contribution in [0.15, 0.2) is 24.3 Å². The van der Waals surface area contributed by atoms with Crippen molar-refractivity contribution in [2.45, 2.75) is 51.2 Å². The van der Waals surface area contributed by atoms with Crippen molar-refractivity contribution in [1.82, 2.24) is 10.2 Å². The van der Waals surface area contributed by atoms with Crippen LogP contribution in [0.2, 0.25) is 0 Å². The predicted molar refractivity (Wildman–Crippen MR) is 101 cm³/mol. The molecule has 0 aromatic heterocycles. The van der Waals surface area contributed by atoms with E-state index >= 15 is 0 Å². The maximum absolute atomic E-state index is 11.8. The van der Waals surface area contributed by atoms with Crippen LogP contribution in [-0.2, 0) is 4.79 Å². The average Bonchev–Trinajstić information content (AvgIpc) is 3.06. The molecular weight excluding hydrogens is 314 g/mol. The highest BCUT2D eigenvalue weighted by atomic mass is 16.3. The summed E-state index contributed by atoms with van der Waals surface area (Å²) in [5, 5.41) is 13.1. The van der Waals surface area contributed by atoms with Crippen LogP contribution in [0, 0.1) is 0 Å². The van der Waals surface area contributed by atoms with E-state index in [0.717, 1.165) is 64.1 Å². The lowest BCUT2D eigenvalue weighted by molar-refractivity contribution is -0.117. The Morgan fingerprint density at radius 2 is 1.92 bits per heavy atom. The van der Waals surface area contributed by atoms with Crippen LogP contribution in [0.3, 0.4) is 0 Å². The van der Waals surface area contributed by atoms with Gasteiger partial charge in [0.25, 0.3) is 0 Å². The summed E-state index contributed by atoms with van der Waals surface area (Å²) in [4.78, 5) is 16.1. The minimum atomic E-state index is -0.0896. The van der Waals surface area contributed by atoms with Crippen molar-refractivity contribution in [3.8, 4) is 0 Å². The zero-order valence-electron chi connectivity index (χ0n) is 15.3. The minimum Gasteiger partial charge on any atom is -0.393 e. The van der Waals surface area contributed by atoms with Gasteiger partial charge in [-0.15, -0.1) is 0 Å². The molecular formula is C20H31N3O2. The van der Waals surface area contributed by atoms with Gasteiger partial charge >= 0.3 is 0 Å². The lowest BCUT2D eigenvalue weighted by Crippen LogP contribution is -2.37. The lowest BCUT2D eigenvalue weighted by Gasteiger charge is -2.29. The van der Waals surface area contributed by atoms with Crippen molar-refractivity contribution in [1.29, 1.82) is 0 Å². The van der Waals surface area contributed by atoms with Gasteiger partial charge in [-0.05, 0) is 63.4 Å². The number of nitrogens with one attached hydrogen (secondary N) is 1. The van der Waals surface area contributed by atoms with Crippen molar-refractivity contribution in [2.75, 3.05) is 37.6 Å². The highest BCUT2D eigenvalue weighted by Crippen LogP contribution is 2.23. The Bertz CT molecular complexity index is 553. The molecule has 1 aromatic carbocycles. The third-order valence-electron chi connectivity index (χ3n) is 5.44. The van der Waals surface area contributed by atoms with Gasteiger partial charge in [0.1, 0.15) is 0 Å². The predicted octanol–water partition coefficient (Wildman–Crippen LogP) is 2.31. The van der Waals surface area contributed by atoms with E-state index in [4.69, 9.17) is 0 Å². The smallest absolute Gasteiger partial charge is 0.227 e. The molecule has 3 rings (SSSR count). The summed E-state index contributed by atoms with van der Waals surface area (Å²) in [6, 6.07) is 8.70. The highest BCUT2D eigenvalue weighted by molar-refractivity contribution is 5.95. The highest BCUT2D eigenvalue weighted by Gasteiger charge is 2.21. The Kier molecular flexibility index (Phi) is 6.45. The number of amides is 1. The zero-order valence-corrected chi connectivity index (χ0v) is 15.3. The van der Waals surface area contributed by atoms with E-state index in [2.05, 4.69) is 41.4 Å². The second-order valence-corrected chi connectivity index (χ2v) is 7.34. The Morgan fingerprint density at radius 3 is 2.56 bits per heavy atom. The van der Waals surface area contributed by atoms with E-state index < -0.39 is 0 Å². The number of likely N-dealkylation sites (tertiary alicyclic amines) is 1. The lowest BCUT2D eigenvalue weighted by atomic mass is 10.1. The fourth-order valence-electron chi connectivity index (χ4n) is 3.75. The molecule has 0 aliphatic carbocycles. The van der Waals surface area contributed by atoms with E-state index in [1.165, 1.54) is 5.56 Å². The summed E-state index contributed by atoms with van der Waals surface area (Å²) in [5.74, 6) is 0.240. The maximum atomic E-state index is 11.8. The van der Waals surface area contributed by atoms with Crippen molar-refractivity contribution in [3.05, 3.63) is 29.8 Å². The topological polar surface area (TPSA) is 55.8 Å². The first-order valence-electron chi connectivity index (χ1n) is 9.67. The number of anilines is 1. The van der Waals surface area contributed by atoms with Gasteiger partial charge in [-0.25, -0.2) is 0 Å². The molecule has 5 nitrogen and oxygen atoms in total. The SMILES string of the molecule is CC(NCCCN1CCC(O)CC1)c1ccc(N2CCCC2=O)cc1. The number of aliphatic hydroxyl groups is 1. The molecule has 2 saturated heterocycles. The number of nitrogens with zero attached hydrogens (tertiary/aromatic N) is 2. The van der Waals surface area contributed by atoms with Crippen LogP contribution in [0.5, 0.6) is 0 Å². The Morgan fingerprint density at radius 1 is 1.20 bits per heavy atom. The molecule has 5 heteroatoms. The first-order chi connectivity index (χ1) is 12.1. The fraction of sp³-hybridized carbons (Fsp3) is 0.650. The van der Waals surface area contributed by atoms with Gasteiger partial charge < -0.3 is 20.2 Å². The number of hydrogen-bond acceptors (Lipinski definition) is 4. The molecule has 2 aliphatic heterocycles. The first-order valence-corrected chi connectivity index (χ1v) is 9.67. The molecule has 2 aliphatic rings. The maximum Gasteiger partial charge on any atom is 0.227 e. The monoisotopic (exact) mass is 345 g/mol. The molecule has 2 heterocycles. The Labute approximate surface area is 151 Å². The van der Waals surface area contributed by atoms with Crippen molar-refractivity contribution in [3.63, 3.8) is 0 Å². The molecule has 0 saturated carbocycles. The normalized spacial score (nSPS) is 21.0. The number of rotatable bonds is 7. The molecule has 1 amide bonds. The number of carbonyl (C=O) groups is 1. The molecule has 2 fully saturated rings. The molecule has 1 aromatic rings. The molecule has 1 atom stereocenters. The molecule has 1 unspecified atom stereocenters. The van der Waals surface area contributed by atoms with Gasteiger partial charge in [0.2, 0.25) is 5.91 Å². The van der Waals surface area contributed by atoms with E-state index in [1.807, 2.05) is 4.90 Å². The van der Waals surface area contributed by atoms with Gasteiger partial charge in [-0.1, -0.05) is 12.1 Å². The third kappa shape index (κ3) is 5.03. The summed E-state index contributed by atoms with van der Waals surface area (Å²) in [6.45, 7) is 7.17. The van der Waals surface area contributed by atoms with E-state index in [-0.39, 0.29) is 12.0 Å². The van der Waals surface area contributed by atoms with Crippen LogP contribution in [-0.4, -0.2) is 54.7 Å². The summed E-state index contributed by atoms with van der Waals surface area (Å²) in [5.41, 5.74) is 2.28. The van der Waals surface area contributed by atoms with Gasteiger partial charge in [-0.3, -0.25) is 4.79 Å². The van der Waals surface area contributed by atoms with E-state index in [0.29, 0.717) is 12.5 Å². The molecule has 0 radical (unpaired) electrons. The van der Waals surface area contributed by atoms with Crippen LogP contribution in [0.4, 0.5) is 5.69 Å². The Balaban J connectivity index is 1.39. The van der Waals surface area contributed by atoms with E-state index in [9.17, 15) is 9.90 Å². The molecule has 25 heavy (non-hydrogen) atoms. The molecule has 0 bridgehead atoms. The quantitative estimate of drug-likeness (QED) is 0.745. The van der Waals surface area contributed by atoms with Crippen LogP contribution in [0.25, 0.3) is 0 Å². The molecule has 2 N–H and O–H groups in total. The van der Waals surface area contributed by atoms with Crippen molar-refractivity contribution < 1.29 is 9.90 Å². The number of carbonyl (C=O) groups excluding carboxylic acids is 1. The van der Waals surface area contributed by atoms with Crippen LogP contribution >= 0.6 is 0 Å². The van der Waals surface area contributed by atoms with Gasteiger partial charge in [0.15, 0.2) is 0 Å². The number of piperidine rings is 1. The summed E-state index contributed by atoms with van der Waals surface area (Å²) < 4.78 is 0. The second-order valence-electron chi connectivity index (χ2n) is 7.34. The number of hydrogen-bond donors (Lipinski definition) is 2. The van der Waals surface area contributed by atoms with Gasteiger partial charge in [0, 0.05) is 37.8 Å². The van der Waals surface area contributed by atoms with Crippen molar-refractivity contribution in [2.24, 2.45) is 0 Å². The first kappa shape index (κ1) is 18.4. The zero-order chi connectivity index (χ0) is 17.6. The number of aliphatic hydroxyl groups excluding tert-OH is 1. The largest absolute Gasteiger partial charge is 0.393 e. The van der Waals surface area contributed by atoms with E-state index in [1.54, 1.807) is 0 Å². The fourth-order valence-corrected chi connectivity index (χ4v) is 3.75. The summed E-state index contributed by atoms with van der Waals surface area (Å²) in [6.07, 6.45) is 4.50. The third-order valence-corrected chi connectivity index (χ3v) is 5.44.